The smallest absolute Gasteiger partial charge is 0.273 e. The van der Waals surface area contributed by atoms with Gasteiger partial charge in [-0.1, -0.05) is 23.1 Å². The molecule has 2 rings (SSSR count). The minimum absolute atomic E-state index is 0.0979. The molecule has 1 aromatic rings. The van der Waals surface area contributed by atoms with Crippen LogP contribution in [0, 0.1) is 0 Å². The van der Waals surface area contributed by atoms with E-state index >= 15 is 0 Å². The van der Waals surface area contributed by atoms with Crippen LogP contribution in [-0.4, -0.2) is 59.2 Å². The van der Waals surface area contributed by atoms with E-state index < -0.39 is 0 Å². The molecule has 21 heavy (non-hydrogen) atoms. The number of nitrogens with one attached hydrogen (secondary N) is 1. The normalized spacial score (nSPS) is 15.0. The number of amides is 2. The molecule has 0 bridgehead atoms. The molecule has 114 valence electrons. The molecule has 1 aromatic heterocycles. The maximum atomic E-state index is 12.0. The maximum Gasteiger partial charge on any atom is 0.273 e. The van der Waals surface area contributed by atoms with Crippen molar-refractivity contribution >= 4 is 45.8 Å². The van der Waals surface area contributed by atoms with Gasteiger partial charge in [0.2, 0.25) is 11.0 Å². The summed E-state index contributed by atoms with van der Waals surface area (Å²) in [6.45, 7) is 0.628. The van der Waals surface area contributed by atoms with Crippen LogP contribution in [0.5, 0.6) is 0 Å². The number of hydrogen-bond acceptors (Lipinski definition) is 8. The third-order valence-electron chi connectivity index (χ3n) is 2.61. The van der Waals surface area contributed by atoms with Gasteiger partial charge < -0.3 is 4.74 Å². The lowest BCUT2D eigenvalue weighted by Crippen LogP contribution is -2.34. The summed E-state index contributed by atoms with van der Waals surface area (Å²) in [5, 5.41) is 16.1. The van der Waals surface area contributed by atoms with E-state index in [0.29, 0.717) is 23.9 Å². The van der Waals surface area contributed by atoms with Crippen LogP contribution in [0.1, 0.15) is 12.8 Å². The van der Waals surface area contributed by atoms with E-state index in [1.165, 1.54) is 35.2 Å². The molecule has 0 radical (unpaired) electrons. The van der Waals surface area contributed by atoms with E-state index in [2.05, 4.69) is 20.6 Å². The molecule has 1 aliphatic heterocycles. The number of ether oxygens (including phenoxy) is 1. The van der Waals surface area contributed by atoms with Gasteiger partial charge in [-0.05, 0) is 0 Å². The second kappa shape index (κ2) is 7.48. The number of methoxy groups -OCH3 is 1. The van der Waals surface area contributed by atoms with E-state index in [1.807, 2.05) is 0 Å². The fourth-order valence-electron chi connectivity index (χ4n) is 1.53. The number of thioether (sulfide) groups is 1. The van der Waals surface area contributed by atoms with Crippen molar-refractivity contribution in [1.82, 2.24) is 15.2 Å². The van der Waals surface area contributed by atoms with Gasteiger partial charge in [0, 0.05) is 32.8 Å². The quantitative estimate of drug-likeness (QED) is 0.471. The zero-order chi connectivity index (χ0) is 15.2. The topological polar surface area (TPSA) is 96.8 Å². The molecule has 0 atom stereocenters. The van der Waals surface area contributed by atoms with Gasteiger partial charge in [0.1, 0.15) is 5.71 Å². The van der Waals surface area contributed by atoms with Gasteiger partial charge in [-0.15, -0.1) is 10.2 Å². The summed E-state index contributed by atoms with van der Waals surface area (Å²) in [7, 11) is 3.17. The predicted molar refractivity (Wildman–Crippen MR) is 80.6 cm³/mol. The summed E-state index contributed by atoms with van der Waals surface area (Å²) in [5.74, 6) is 0.330. The molecule has 1 aliphatic rings. The lowest BCUT2D eigenvalue weighted by molar-refractivity contribution is -0.130. The van der Waals surface area contributed by atoms with E-state index in [-0.39, 0.29) is 18.2 Å². The molecule has 0 aromatic carbocycles. The average molecular weight is 329 g/mol. The Bertz CT molecular complexity index is 560. The van der Waals surface area contributed by atoms with Crippen molar-refractivity contribution in [3.8, 4) is 0 Å². The molecule has 0 aliphatic carbocycles. The van der Waals surface area contributed by atoms with E-state index in [4.69, 9.17) is 4.74 Å². The summed E-state index contributed by atoms with van der Waals surface area (Å²) in [5.41, 5.74) is 0.320. The van der Waals surface area contributed by atoms with E-state index in [1.54, 1.807) is 7.11 Å². The molecule has 8 nitrogen and oxygen atoms in total. The van der Waals surface area contributed by atoms with Crippen molar-refractivity contribution < 1.29 is 14.3 Å². The molecule has 0 saturated carbocycles. The average Bonchev–Trinajstić information content (AvgIpc) is 2.89. The van der Waals surface area contributed by atoms with Crippen molar-refractivity contribution in [2.45, 2.75) is 17.2 Å². The van der Waals surface area contributed by atoms with Crippen LogP contribution in [-0.2, 0) is 14.3 Å². The van der Waals surface area contributed by atoms with Crippen LogP contribution in [0.4, 0.5) is 5.13 Å². The summed E-state index contributed by atoms with van der Waals surface area (Å²) >= 11 is 2.81. The van der Waals surface area contributed by atoms with Crippen molar-refractivity contribution in [2.75, 3.05) is 31.8 Å². The number of anilines is 1. The van der Waals surface area contributed by atoms with Gasteiger partial charge in [-0.25, -0.2) is 5.01 Å². The summed E-state index contributed by atoms with van der Waals surface area (Å²) in [6, 6.07) is 0. The Balaban J connectivity index is 1.91. The fraction of sp³-hybridized carbons (Fsp3) is 0.545. The molecule has 0 spiro atoms. The van der Waals surface area contributed by atoms with Crippen molar-refractivity contribution in [3.63, 3.8) is 0 Å². The van der Waals surface area contributed by atoms with Crippen LogP contribution in [0.3, 0.4) is 0 Å². The minimum atomic E-state index is -0.348. The molecule has 2 amide bonds. The zero-order valence-electron chi connectivity index (χ0n) is 11.7. The van der Waals surface area contributed by atoms with Gasteiger partial charge >= 0.3 is 0 Å². The Morgan fingerprint density at radius 3 is 3.00 bits per heavy atom. The Labute approximate surface area is 129 Å². The Kier molecular flexibility index (Phi) is 5.65. The van der Waals surface area contributed by atoms with Crippen molar-refractivity contribution in [3.05, 3.63) is 0 Å². The second-order valence-corrected chi connectivity index (χ2v) is 6.45. The highest BCUT2D eigenvalue weighted by Crippen LogP contribution is 2.25. The number of carbonyl (C=O) groups is 2. The molecular formula is C11H15N5O3S2. The molecule has 2 heterocycles. The number of aromatic nitrogens is 2. The lowest BCUT2D eigenvalue weighted by atomic mass is 10.1. The molecule has 0 saturated heterocycles. The summed E-state index contributed by atoms with van der Waals surface area (Å²) < 4.78 is 5.72. The molecule has 10 heteroatoms. The summed E-state index contributed by atoms with van der Waals surface area (Å²) in [6.07, 6.45) is 0.625. The highest BCUT2D eigenvalue weighted by Gasteiger charge is 2.22. The lowest BCUT2D eigenvalue weighted by Gasteiger charge is -2.18. The minimum Gasteiger partial charge on any atom is -0.384 e. The van der Waals surface area contributed by atoms with Crippen LogP contribution in [0.2, 0.25) is 0 Å². The van der Waals surface area contributed by atoms with Crippen LogP contribution in [0.25, 0.3) is 0 Å². The SMILES string of the molecule is COCCSc1nnc(NC(=O)C2=NN(C)C(=O)CC2)s1. The molecule has 1 N–H and O–H groups in total. The van der Waals surface area contributed by atoms with Crippen molar-refractivity contribution in [2.24, 2.45) is 5.10 Å². The number of hydrazone groups is 1. The van der Waals surface area contributed by atoms with Crippen LogP contribution in [0.15, 0.2) is 9.44 Å². The highest BCUT2D eigenvalue weighted by molar-refractivity contribution is 8.01. The first kappa shape index (κ1) is 15.9. The molecule has 0 fully saturated rings. The largest absolute Gasteiger partial charge is 0.384 e. The first-order valence-electron chi connectivity index (χ1n) is 6.20. The molecular weight excluding hydrogens is 314 g/mol. The Hall–Kier alpha value is -1.52. The van der Waals surface area contributed by atoms with Gasteiger partial charge in [-0.2, -0.15) is 5.10 Å². The first-order chi connectivity index (χ1) is 10.1. The van der Waals surface area contributed by atoms with E-state index in [9.17, 15) is 9.59 Å². The monoisotopic (exact) mass is 329 g/mol. The Morgan fingerprint density at radius 1 is 1.48 bits per heavy atom. The third kappa shape index (κ3) is 4.48. The number of carbonyl (C=O) groups excluding carboxylic acids is 2. The summed E-state index contributed by atoms with van der Waals surface area (Å²) in [4.78, 5) is 23.3. The van der Waals surface area contributed by atoms with Crippen LogP contribution >= 0.6 is 23.1 Å². The van der Waals surface area contributed by atoms with Gasteiger partial charge in [0.25, 0.3) is 5.91 Å². The van der Waals surface area contributed by atoms with Gasteiger partial charge in [0.15, 0.2) is 4.34 Å². The van der Waals surface area contributed by atoms with Crippen LogP contribution < -0.4 is 5.32 Å². The predicted octanol–water partition coefficient (Wildman–Crippen LogP) is 0.823. The van der Waals surface area contributed by atoms with Gasteiger partial charge in [-0.3, -0.25) is 14.9 Å². The van der Waals surface area contributed by atoms with Crippen molar-refractivity contribution in [1.29, 1.82) is 0 Å². The fourth-order valence-corrected chi connectivity index (χ4v) is 3.25. The highest BCUT2D eigenvalue weighted by atomic mass is 32.2. The maximum absolute atomic E-state index is 12.0. The molecule has 0 unspecified atom stereocenters. The van der Waals surface area contributed by atoms with E-state index in [0.717, 1.165) is 10.1 Å². The number of hydrogen-bond donors (Lipinski definition) is 1. The second-order valence-electron chi connectivity index (χ2n) is 4.13. The standard InChI is InChI=1S/C11H15N5O3S2/c1-16-8(17)4-3-7(15-16)9(18)12-10-13-14-11(21-10)20-6-5-19-2/h3-6H2,1-2H3,(H,12,13,18). The third-order valence-corrected chi connectivity index (χ3v) is 4.55. The first-order valence-corrected chi connectivity index (χ1v) is 8.01. The van der Waals surface area contributed by atoms with Gasteiger partial charge in [0.05, 0.1) is 6.61 Å². The number of rotatable bonds is 6. The zero-order valence-corrected chi connectivity index (χ0v) is 13.3. The number of nitrogens with zero attached hydrogens (tertiary/aromatic N) is 4. The Morgan fingerprint density at radius 2 is 2.29 bits per heavy atom.